The van der Waals surface area contributed by atoms with Crippen LogP contribution in [-0.2, 0) is 32.0 Å². The summed E-state index contributed by atoms with van der Waals surface area (Å²) in [5, 5.41) is 60.8. The van der Waals surface area contributed by atoms with Gasteiger partial charge >= 0.3 is 15.6 Å². The Hall–Kier alpha value is -2.40. The minimum absolute atomic E-state index is 0.0239. The van der Waals surface area contributed by atoms with Gasteiger partial charge in [0.05, 0.1) is 13.2 Å². The molecule has 2 aliphatic rings. The van der Waals surface area contributed by atoms with Gasteiger partial charge in [-0.3, -0.25) is 23.4 Å². The first kappa shape index (κ1) is 34.9. The van der Waals surface area contributed by atoms with Crippen LogP contribution in [0.25, 0.3) is 22.6 Å². The Balaban J connectivity index is 1.33. The molecule has 46 heavy (non-hydrogen) atoms. The maximum atomic E-state index is 12.6. The number of nitrogens with zero attached hydrogens (tertiary/aromatic N) is 3. The van der Waals surface area contributed by atoms with E-state index >= 15 is 0 Å². The number of aromatic amines is 1. The summed E-state index contributed by atoms with van der Waals surface area (Å²) in [6, 6.07) is 6.11. The predicted molar refractivity (Wildman–Crippen MR) is 150 cm³/mol. The topological polar surface area (TPSA) is 332 Å². The number of aromatic nitrogens is 4. The fraction of sp³-hybridized carbons (Fsp3) is 0.500. The number of fused-ring (bicyclic) bond motifs is 1. The number of imidazole rings is 1. The number of H-pyrrole nitrogens is 1. The highest BCUT2D eigenvalue weighted by atomic mass is 35.5. The summed E-state index contributed by atoms with van der Waals surface area (Å²) < 4.78 is 50.2. The van der Waals surface area contributed by atoms with Crippen molar-refractivity contribution in [2.75, 3.05) is 18.9 Å². The first-order valence-electron chi connectivity index (χ1n) is 13.1. The molecule has 11 atom stereocenters. The molecule has 0 bridgehead atoms. The molecule has 1 aromatic carbocycles. The van der Waals surface area contributed by atoms with Crippen molar-refractivity contribution in [2.45, 2.75) is 55.2 Å². The van der Waals surface area contributed by atoms with Crippen LogP contribution in [0.3, 0.4) is 0 Å². The molecular formula is C22H28ClN5O16P2. The summed E-state index contributed by atoms with van der Waals surface area (Å²) in [4.78, 5) is 43.3. The number of nitrogen functional groups attached to an aromatic ring is 1. The summed E-state index contributed by atoms with van der Waals surface area (Å²) >= 11 is 5.98. The molecule has 2 aromatic heterocycles. The number of nitrogens with one attached hydrogen (secondary N) is 1. The van der Waals surface area contributed by atoms with Gasteiger partial charge in [0, 0.05) is 10.6 Å². The van der Waals surface area contributed by atoms with Crippen molar-refractivity contribution < 1.29 is 72.4 Å². The van der Waals surface area contributed by atoms with Gasteiger partial charge in [0.1, 0.15) is 48.6 Å². The molecule has 2 fully saturated rings. The zero-order chi connectivity index (χ0) is 33.7. The minimum atomic E-state index is -5.65. The van der Waals surface area contributed by atoms with Crippen LogP contribution in [0.1, 0.15) is 6.23 Å². The number of hydrogen-bond acceptors (Lipinski definition) is 17. The van der Waals surface area contributed by atoms with Gasteiger partial charge in [-0.2, -0.15) is 9.29 Å². The van der Waals surface area contributed by atoms with Gasteiger partial charge in [0.25, 0.3) is 5.56 Å². The number of phosphoric ester groups is 2. The highest BCUT2D eigenvalue weighted by Gasteiger charge is 2.50. The first-order chi connectivity index (χ1) is 21.5. The average molecular weight is 716 g/mol. The smallest absolute Gasteiger partial charge is 0.394 e. The number of rotatable bonds is 10. The maximum absolute atomic E-state index is 12.6. The molecule has 2 saturated heterocycles. The van der Waals surface area contributed by atoms with E-state index in [1.165, 1.54) is 24.3 Å². The van der Waals surface area contributed by atoms with Gasteiger partial charge in [0.15, 0.2) is 23.7 Å². The number of ether oxygens (including phenoxy) is 2. The number of anilines is 1. The lowest BCUT2D eigenvalue weighted by Gasteiger charge is -2.39. The number of hydrogen-bond donors (Lipinski definition) is 10. The van der Waals surface area contributed by atoms with Crippen LogP contribution >= 0.6 is 27.2 Å². The second-order valence-corrected chi connectivity index (χ2v) is 13.5. The third kappa shape index (κ3) is 7.05. The van der Waals surface area contributed by atoms with Crippen LogP contribution in [0.15, 0.2) is 29.1 Å². The van der Waals surface area contributed by atoms with Gasteiger partial charge in [-0.05, 0) is 24.3 Å². The van der Waals surface area contributed by atoms with E-state index < -0.39 is 89.7 Å². The lowest BCUT2D eigenvalue weighted by atomic mass is 10.00. The van der Waals surface area contributed by atoms with Gasteiger partial charge in [-0.15, -0.1) is 0 Å². The van der Waals surface area contributed by atoms with Crippen LogP contribution in [0, 0.1) is 0 Å². The van der Waals surface area contributed by atoms with Crippen molar-refractivity contribution in [3.63, 3.8) is 0 Å². The van der Waals surface area contributed by atoms with Crippen molar-refractivity contribution in [1.82, 2.24) is 19.5 Å². The van der Waals surface area contributed by atoms with Crippen LogP contribution in [0.2, 0.25) is 5.02 Å². The zero-order valence-electron chi connectivity index (χ0n) is 23.0. The molecule has 5 rings (SSSR count). The second-order valence-electron chi connectivity index (χ2n) is 10.1. The van der Waals surface area contributed by atoms with E-state index in [2.05, 4.69) is 23.8 Å². The Morgan fingerprint density at radius 2 is 1.59 bits per heavy atom. The molecule has 0 saturated carbocycles. The van der Waals surface area contributed by atoms with Crippen molar-refractivity contribution >= 4 is 44.4 Å². The standard InChI is InChI=1S/C22H28ClN5O16P2/c23-8-3-1-7(2-4-8)17-25-11-18(26-22(24)27-19(11)35)28(17)20-15(33)13(31)10(41-20)6-40-45(36,37)44-46(38,39)43-21-16(34)14(32)12(30)9(5-29)42-21/h1-4,9-10,12-16,20-21,29-34H,5-6H2,(H,36,37)(H,38,39)(H3,24,26,27,35)/t9-,10-,12-,13-,14+,15-,16+,20-,21-/m1/s1. The fourth-order valence-corrected chi connectivity index (χ4v) is 7.04. The normalized spacial score (nSPS) is 32.8. The van der Waals surface area contributed by atoms with Gasteiger partial charge in [0.2, 0.25) is 5.95 Å². The monoisotopic (exact) mass is 715 g/mol. The van der Waals surface area contributed by atoms with E-state index in [0.29, 0.717) is 10.6 Å². The van der Waals surface area contributed by atoms with Crippen molar-refractivity contribution in [1.29, 1.82) is 0 Å². The Morgan fingerprint density at radius 3 is 2.24 bits per heavy atom. The molecule has 3 aromatic rings. The van der Waals surface area contributed by atoms with Crippen molar-refractivity contribution in [2.24, 2.45) is 0 Å². The number of aliphatic hydroxyl groups excluding tert-OH is 6. The summed E-state index contributed by atoms with van der Waals surface area (Å²) in [6.07, 6.45) is -16.5. The molecule has 0 spiro atoms. The van der Waals surface area contributed by atoms with Gasteiger partial charge in [-0.1, -0.05) is 11.6 Å². The fourth-order valence-electron chi connectivity index (χ4n) is 4.75. The van der Waals surface area contributed by atoms with E-state index in [1.807, 2.05) is 0 Å². The number of phosphoric acid groups is 2. The summed E-state index contributed by atoms with van der Waals surface area (Å²) in [5.41, 5.74) is 4.97. The molecule has 4 heterocycles. The van der Waals surface area contributed by atoms with Gasteiger partial charge < -0.3 is 55.6 Å². The molecule has 254 valence electrons. The minimum Gasteiger partial charge on any atom is -0.394 e. The highest BCUT2D eigenvalue weighted by Crippen LogP contribution is 2.61. The van der Waals surface area contributed by atoms with Crippen LogP contribution in [0.5, 0.6) is 0 Å². The predicted octanol–water partition coefficient (Wildman–Crippen LogP) is -2.31. The zero-order valence-corrected chi connectivity index (χ0v) is 25.5. The van der Waals surface area contributed by atoms with E-state index in [4.69, 9.17) is 31.3 Å². The molecule has 0 radical (unpaired) electrons. The molecule has 0 aliphatic carbocycles. The van der Waals surface area contributed by atoms with Crippen molar-refractivity contribution in [3.8, 4) is 11.4 Å². The van der Waals surface area contributed by atoms with Crippen LogP contribution < -0.4 is 11.3 Å². The SMILES string of the molecule is Nc1nc2c(nc(-c3ccc(Cl)cc3)n2[C@@H]2O[C@H](COP(=O)(O)OP(=O)(O)O[C@H]3O[C@H](CO)[C@@H](O)[C@H](O)[C@@H]3O)[C@@H](O)[C@H]2O)c(=O)[nH]1. The second kappa shape index (κ2) is 13.2. The third-order valence-corrected chi connectivity index (χ3v) is 9.81. The summed E-state index contributed by atoms with van der Waals surface area (Å²) in [6.45, 7) is -1.95. The third-order valence-electron chi connectivity index (χ3n) is 6.96. The lowest BCUT2D eigenvalue weighted by molar-refractivity contribution is -0.280. The summed E-state index contributed by atoms with van der Waals surface area (Å²) in [5.74, 6) is -0.289. The van der Waals surface area contributed by atoms with E-state index in [9.17, 15) is 54.4 Å². The maximum Gasteiger partial charge on any atom is 0.483 e. The molecule has 2 unspecified atom stereocenters. The average Bonchev–Trinajstić information content (AvgIpc) is 3.48. The Kier molecular flexibility index (Phi) is 10.1. The lowest BCUT2D eigenvalue weighted by Crippen LogP contribution is -2.58. The number of benzene rings is 1. The number of aliphatic hydroxyl groups is 6. The number of halogens is 1. The molecule has 0 amide bonds. The molecule has 24 heteroatoms. The van der Waals surface area contributed by atoms with Gasteiger partial charge in [-0.25, -0.2) is 14.1 Å². The molecule has 11 N–H and O–H groups in total. The van der Waals surface area contributed by atoms with E-state index in [-0.39, 0.29) is 22.9 Å². The van der Waals surface area contributed by atoms with E-state index in [1.54, 1.807) is 0 Å². The summed E-state index contributed by atoms with van der Waals surface area (Å²) in [7, 11) is -11.2. The number of nitrogens with two attached hydrogens (primary N) is 1. The first-order valence-corrected chi connectivity index (χ1v) is 16.4. The Labute approximate surface area is 261 Å². The molecule has 21 nitrogen and oxygen atoms in total. The van der Waals surface area contributed by atoms with Crippen molar-refractivity contribution in [3.05, 3.63) is 39.6 Å². The molecular weight excluding hydrogens is 688 g/mol. The largest absolute Gasteiger partial charge is 0.483 e. The van der Waals surface area contributed by atoms with E-state index in [0.717, 1.165) is 4.57 Å². The Bertz CT molecular complexity index is 1720. The molecule has 2 aliphatic heterocycles. The van der Waals surface area contributed by atoms with Crippen LogP contribution in [-0.4, -0.2) is 122 Å². The Morgan fingerprint density at radius 1 is 0.935 bits per heavy atom. The highest BCUT2D eigenvalue weighted by molar-refractivity contribution is 7.61. The quantitative estimate of drug-likeness (QED) is 0.0986. The van der Waals surface area contributed by atoms with Crippen LogP contribution in [0.4, 0.5) is 5.95 Å².